The average molecular weight is 490 g/mol. The van der Waals surface area contributed by atoms with Crippen LogP contribution in [0.3, 0.4) is 0 Å². The average Bonchev–Trinajstić information content (AvgIpc) is 3.31. The van der Waals surface area contributed by atoms with Crippen molar-refractivity contribution in [2.24, 2.45) is 0 Å². The molecule has 6 nitrogen and oxygen atoms in total. The van der Waals surface area contributed by atoms with Crippen LogP contribution in [0.5, 0.6) is 0 Å². The summed E-state index contributed by atoms with van der Waals surface area (Å²) in [6.45, 7) is 0. The number of carbonyl (C=O) groups is 2. The first-order valence-electron chi connectivity index (χ1n) is 10.5. The zero-order valence-corrected chi connectivity index (χ0v) is 20.6. The number of nitrogens with zero attached hydrogens (tertiary/aromatic N) is 3. The lowest BCUT2D eigenvalue weighted by molar-refractivity contribution is -0.130. The van der Waals surface area contributed by atoms with Crippen LogP contribution in [0, 0.1) is 0 Å². The van der Waals surface area contributed by atoms with Gasteiger partial charge >= 0.3 is 5.97 Å². The van der Waals surface area contributed by atoms with Gasteiger partial charge in [0.25, 0.3) is 0 Å². The highest BCUT2D eigenvalue weighted by Gasteiger charge is 2.24. The van der Waals surface area contributed by atoms with Crippen LogP contribution < -0.4 is 4.90 Å². The quantitative estimate of drug-likeness (QED) is 0.200. The van der Waals surface area contributed by atoms with Gasteiger partial charge < -0.3 is 10.0 Å². The minimum atomic E-state index is -1.16. The SMILES string of the molecule is CSc1ccc(C(=O)/C(Cc2ccc(N(C)C)cc2)=C(/C(=O)O)c2ccc3nsnc3c2)cc1. The van der Waals surface area contributed by atoms with Gasteiger partial charge in [0.1, 0.15) is 11.0 Å². The molecule has 34 heavy (non-hydrogen) atoms. The van der Waals surface area contributed by atoms with E-state index in [1.807, 2.05) is 61.6 Å². The standard InChI is InChI=1S/C26H23N3O3S2/c1-29(2)19-9-4-16(5-10-19)14-21(25(30)17-6-11-20(33-3)12-7-17)24(26(31)32)18-8-13-22-23(15-18)28-34-27-22/h4-13,15H,14H2,1-3H3,(H,31,32)/b24-21+. The lowest BCUT2D eigenvalue weighted by atomic mass is 9.89. The molecule has 0 radical (unpaired) electrons. The Kier molecular flexibility index (Phi) is 7.09. The Labute approximate surface area is 206 Å². The van der Waals surface area contributed by atoms with Crippen molar-refractivity contribution in [1.82, 2.24) is 8.75 Å². The van der Waals surface area contributed by atoms with Crippen LogP contribution in [-0.4, -0.2) is 46.0 Å². The minimum Gasteiger partial charge on any atom is -0.478 e. The second kappa shape index (κ2) is 10.2. The monoisotopic (exact) mass is 489 g/mol. The van der Waals surface area contributed by atoms with Gasteiger partial charge in [-0.2, -0.15) is 8.75 Å². The Balaban J connectivity index is 1.86. The van der Waals surface area contributed by atoms with Crippen LogP contribution in [0.4, 0.5) is 5.69 Å². The Morgan fingerprint density at radius 2 is 1.56 bits per heavy atom. The molecule has 0 spiro atoms. The number of allylic oxidation sites excluding steroid dienone is 1. The lowest BCUT2D eigenvalue weighted by Gasteiger charge is -2.15. The van der Waals surface area contributed by atoms with Crippen molar-refractivity contribution in [3.05, 3.63) is 89.0 Å². The maximum absolute atomic E-state index is 13.7. The molecule has 1 heterocycles. The fourth-order valence-electron chi connectivity index (χ4n) is 3.68. The summed E-state index contributed by atoms with van der Waals surface area (Å²) in [6, 6.07) is 20.1. The number of thioether (sulfide) groups is 1. The van der Waals surface area contributed by atoms with Gasteiger partial charge in [0.05, 0.1) is 17.3 Å². The predicted molar refractivity (Wildman–Crippen MR) is 139 cm³/mol. The second-order valence-electron chi connectivity index (χ2n) is 7.92. The summed E-state index contributed by atoms with van der Waals surface area (Å²) in [4.78, 5) is 29.2. The van der Waals surface area contributed by atoms with Crippen LogP contribution in [-0.2, 0) is 11.2 Å². The van der Waals surface area contributed by atoms with Gasteiger partial charge in [-0.15, -0.1) is 11.8 Å². The van der Waals surface area contributed by atoms with Crippen molar-refractivity contribution < 1.29 is 14.7 Å². The summed E-state index contributed by atoms with van der Waals surface area (Å²) in [5.41, 5.74) is 4.26. The number of fused-ring (bicyclic) bond motifs is 1. The summed E-state index contributed by atoms with van der Waals surface area (Å²) < 4.78 is 8.43. The number of hydrogen-bond donors (Lipinski definition) is 1. The molecule has 4 rings (SSSR count). The number of Topliss-reactive ketones (excluding diaryl/α,β-unsaturated/α-hetero) is 1. The number of carboxylic acids is 1. The molecule has 1 aromatic heterocycles. The van der Waals surface area contributed by atoms with E-state index in [9.17, 15) is 14.7 Å². The highest BCUT2D eigenvalue weighted by molar-refractivity contribution is 7.98. The lowest BCUT2D eigenvalue weighted by Crippen LogP contribution is -2.14. The summed E-state index contributed by atoms with van der Waals surface area (Å²) in [5, 5.41) is 10.2. The third-order valence-corrected chi connectivity index (χ3v) is 6.82. The molecule has 0 saturated carbocycles. The molecule has 0 aliphatic heterocycles. The number of benzene rings is 3. The molecule has 0 aliphatic rings. The summed E-state index contributed by atoms with van der Waals surface area (Å²) in [6.07, 6.45) is 2.15. The van der Waals surface area contributed by atoms with Crippen molar-refractivity contribution in [2.45, 2.75) is 11.3 Å². The Hall–Kier alpha value is -3.49. The summed E-state index contributed by atoms with van der Waals surface area (Å²) >= 11 is 2.65. The van der Waals surface area contributed by atoms with Crippen LogP contribution in [0.15, 0.2) is 77.2 Å². The van der Waals surface area contributed by atoms with Gasteiger partial charge in [-0.05, 0) is 65.9 Å². The number of carbonyl (C=O) groups excluding carboxylic acids is 1. The van der Waals surface area contributed by atoms with Crippen molar-refractivity contribution in [3.8, 4) is 0 Å². The molecule has 0 unspecified atom stereocenters. The number of anilines is 1. The first-order chi connectivity index (χ1) is 16.4. The zero-order chi connectivity index (χ0) is 24.2. The molecule has 1 N–H and O–H groups in total. The molecular weight excluding hydrogens is 466 g/mol. The van der Waals surface area contributed by atoms with E-state index in [0.717, 1.165) is 27.9 Å². The van der Waals surface area contributed by atoms with Crippen molar-refractivity contribution in [3.63, 3.8) is 0 Å². The zero-order valence-electron chi connectivity index (χ0n) is 19.0. The van der Waals surface area contributed by atoms with E-state index in [1.165, 1.54) is 0 Å². The smallest absolute Gasteiger partial charge is 0.336 e. The summed E-state index contributed by atoms with van der Waals surface area (Å²) in [5.74, 6) is -1.46. The first-order valence-corrected chi connectivity index (χ1v) is 12.5. The largest absolute Gasteiger partial charge is 0.478 e. The minimum absolute atomic E-state index is 0.0227. The Morgan fingerprint density at radius 1 is 0.912 bits per heavy atom. The highest BCUT2D eigenvalue weighted by atomic mass is 32.2. The number of carboxylic acid groups (broad SMARTS) is 1. The van der Waals surface area contributed by atoms with Crippen molar-refractivity contribution >= 4 is 57.5 Å². The normalized spacial score (nSPS) is 11.9. The maximum Gasteiger partial charge on any atom is 0.336 e. The van der Waals surface area contributed by atoms with Gasteiger partial charge in [0, 0.05) is 42.2 Å². The number of rotatable bonds is 8. The second-order valence-corrected chi connectivity index (χ2v) is 9.33. The van der Waals surface area contributed by atoms with Crippen LogP contribution in [0.25, 0.3) is 16.6 Å². The molecule has 0 saturated heterocycles. The molecule has 0 atom stereocenters. The molecule has 0 aliphatic carbocycles. The van der Waals surface area contributed by atoms with E-state index >= 15 is 0 Å². The predicted octanol–water partition coefficient (Wildman–Crippen LogP) is 5.44. The third-order valence-electron chi connectivity index (χ3n) is 5.52. The molecule has 0 bridgehead atoms. The van der Waals surface area contributed by atoms with Crippen LogP contribution in [0.2, 0.25) is 0 Å². The van der Waals surface area contributed by atoms with E-state index in [-0.39, 0.29) is 23.4 Å². The summed E-state index contributed by atoms with van der Waals surface area (Å²) in [7, 11) is 3.91. The Bertz CT molecular complexity index is 1370. The molecule has 4 aromatic rings. The Morgan fingerprint density at radius 3 is 2.18 bits per heavy atom. The topological polar surface area (TPSA) is 83.4 Å². The first kappa shape index (κ1) is 23.7. The fourth-order valence-corrected chi connectivity index (χ4v) is 4.60. The molecular formula is C26H23N3O3S2. The van der Waals surface area contributed by atoms with Crippen LogP contribution in [0.1, 0.15) is 21.5 Å². The highest BCUT2D eigenvalue weighted by Crippen LogP contribution is 2.29. The molecule has 8 heteroatoms. The molecule has 172 valence electrons. The van der Waals surface area contributed by atoms with Crippen molar-refractivity contribution in [2.75, 3.05) is 25.3 Å². The van der Waals surface area contributed by atoms with E-state index in [0.29, 0.717) is 22.2 Å². The van der Waals surface area contributed by atoms with Gasteiger partial charge in [0.2, 0.25) is 0 Å². The van der Waals surface area contributed by atoms with Crippen molar-refractivity contribution in [1.29, 1.82) is 0 Å². The van der Waals surface area contributed by atoms with E-state index < -0.39 is 5.97 Å². The van der Waals surface area contributed by atoms with E-state index in [4.69, 9.17) is 0 Å². The molecule has 0 fully saturated rings. The number of aliphatic carboxylic acids is 1. The van der Waals surface area contributed by atoms with Gasteiger partial charge in [-0.25, -0.2) is 4.79 Å². The fraction of sp³-hybridized carbons (Fsp3) is 0.154. The van der Waals surface area contributed by atoms with E-state index in [2.05, 4.69) is 8.75 Å². The molecule has 3 aromatic carbocycles. The number of ketones is 1. The molecule has 0 amide bonds. The van der Waals surface area contributed by atoms with E-state index in [1.54, 1.807) is 42.1 Å². The van der Waals surface area contributed by atoms with Gasteiger partial charge in [0.15, 0.2) is 5.78 Å². The number of hydrogen-bond acceptors (Lipinski definition) is 7. The van der Waals surface area contributed by atoms with Gasteiger partial charge in [-0.3, -0.25) is 4.79 Å². The number of aromatic nitrogens is 2. The van der Waals surface area contributed by atoms with Crippen LogP contribution >= 0.6 is 23.5 Å². The van der Waals surface area contributed by atoms with Gasteiger partial charge in [-0.1, -0.05) is 18.2 Å². The third kappa shape index (κ3) is 5.03. The maximum atomic E-state index is 13.7.